The molecule has 2 N–H and O–H groups in total. The molecule has 0 aliphatic heterocycles. The van der Waals surface area contributed by atoms with Crippen molar-refractivity contribution in [2.75, 3.05) is 5.75 Å². The predicted molar refractivity (Wildman–Crippen MR) is 38.9 cm³/mol. The summed E-state index contributed by atoms with van der Waals surface area (Å²) in [5, 5.41) is 16.5. The molecule has 0 aromatic heterocycles. The first-order chi connectivity index (χ1) is 3.68. The summed E-state index contributed by atoms with van der Waals surface area (Å²) in [5.74, 6) is -0.551. The summed E-state index contributed by atoms with van der Waals surface area (Å²) in [7, 11) is 0. The Balaban J connectivity index is 0. The molecule has 0 rings (SSSR count). The number of hydrogen-bond acceptors (Lipinski definition) is 3. The number of carboxylic acids is 1. The minimum atomic E-state index is -1.25. The van der Waals surface area contributed by atoms with Crippen molar-refractivity contribution in [3.8, 4) is 0 Å². The Hall–Kier alpha value is 0.377. The molecule has 1 unspecified atom stereocenters. The summed E-state index contributed by atoms with van der Waals surface area (Å²) in [4.78, 5) is 9.82. The van der Waals surface area contributed by atoms with Gasteiger partial charge in [-0.05, 0) is 5.75 Å². The van der Waals surface area contributed by atoms with E-state index in [9.17, 15) is 4.79 Å². The first-order valence-corrected chi connectivity index (χ1v) is 3.25. The van der Waals surface area contributed by atoms with E-state index < -0.39 is 11.4 Å². The first kappa shape index (κ1) is 12.1. The van der Waals surface area contributed by atoms with E-state index in [1.807, 2.05) is 0 Å². The van der Waals surface area contributed by atoms with Gasteiger partial charge >= 0.3 is 24.8 Å². The van der Waals surface area contributed by atoms with Crippen LogP contribution < -0.4 is 0 Å². The van der Waals surface area contributed by atoms with Crippen LogP contribution in [-0.4, -0.2) is 46.2 Å². The molecule has 0 aromatic rings. The fourth-order valence-electron chi connectivity index (χ4n) is 0.229. The van der Waals surface area contributed by atoms with Crippen molar-refractivity contribution in [2.45, 2.75) is 12.4 Å². The van der Waals surface area contributed by atoms with Crippen LogP contribution in [0.15, 0.2) is 0 Å². The van der Waals surface area contributed by atoms with E-state index in [1.54, 1.807) is 6.92 Å². The molecule has 0 aliphatic rings. The molecular formula is C4H9LiO3S. The van der Waals surface area contributed by atoms with Crippen molar-refractivity contribution in [3.63, 3.8) is 0 Å². The molecular weight excluding hydrogens is 135 g/mol. The summed E-state index contributed by atoms with van der Waals surface area (Å²) in [6.45, 7) is 1.79. The number of carboxylic acid groups (broad SMARTS) is 1. The average Bonchev–Trinajstić information content (AvgIpc) is 1.67. The van der Waals surface area contributed by atoms with Crippen molar-refractivity contribution in [2.24, 2.45) is 0 Å². The fourth-order valence-corrected chi connectivity index (χ4v) is 0.687. The molecule has 1 atom stereocenters. The maximum absolute atomic E-state index is 9.82. The van der Waals surface area contributed by atoms with Gasteiger partial charge in [-0.3, -0.25) is 0 Å². The number of rotatable bonds is 3. The van der Waals surface area contributed by atoms with Crippen molar-refractivity contribution < 1.29 is 15.0 Å². The summed E-state index contributed by atoms with van der Waals surface area (Å²) in [6, 6.07) is 0. The SMILES string of the molecule is CCSC(O)C(=O)O.[LiH]. The van der Waals surface area contributed by atoms with Gasteiger partial charge in [-0.15, -0.1) is 11.8 Å². The Morgan fingerprint density at radius 3 is 2.33 bits per heavy atom. The number of aliphatic hydroxyl groups is 1. The molecule has 0 amide bonds. The van der Waals surface area contributed by atoms with E-state index in [1.165, 1.54) is 0 Å². The van der Waals surface area contributed by atoms with Crippen molar-refractivity contribution in [1.82, 2.24) is 0 Å². The molecule has 0 saturated heterocycles. The fraction of sp³-hybridized carbons (Fsp3) is 0.750. The monoisotopic (exact) mass is 144 g/mol. The first-order valence-electron chi connectivity index (χ1n) is 2.21. The molecule has 0 bridgehead atoms. The van der Waals surface area contributed by atoms with Crippen LogP contribution in [0, 0.1) is 0 Å². The second kappa shape index (κ2) is 6.50. The van der Waals surface area contributed by atoms with Gasteiger partial charge in [-0.1, -0.05) is 6.92 Å². The van der Waals surface area contributed by atoms with Gasteiger partial charge in [0.1, 0.15) is 0 Å². The van der Waals surface area contributed by atoms with Gasteiger partial charge in [0.15, 0.2) is 5.44 Å². The molecule has 0 heterocycles. The Bertz CT molecular complexity index is 87.9. The van der Waals surface area contributed by atoms with Crippen LogP contribution in [0.25, 0.3) is 0 Å². The molecule has 5 heteroatoms. The van der Waals surface area contributed by atoms with Gasteiger partial charge in [0.05, 0.1) is 0 Å². The Labute approximate surface area is 70.0 Å². The van der Waals surface area contributed by atoms with Crippen molar-refractivity contribution in [1.29, 1.82) is 0 Å². The van der Waals surface area contributed by atoms with Crippen molar-refractivity contribution >= 4 is 36.6 Å². The van der Waals surface area contributed by atoms with E-state index >= 15 is 0 Å². The molecule has 0 fully saturated rings. The minimum absolute atomic E-state index is 0. The van der Waals surface area contributed by atoms with Gasteiger partial charge < -0.3 is 10.2 Å². The second-order valence-corrected chi connectivity index (χ2v) is 2.50. The molecule has 50 valence electrons. The van der Waals surface area contributed by atoms with Crippen LogP contribution in [0.4, 0.5) is 0 Å². The van der Waals surface area contributed by atoms with Gasteiger partial charge in [0, 0.05) is 0 Å². The third-order valence-corrected chi connectivity index (χ3v) is 1.39. The topological polar surface area (TPSA) is 57.5 Å². The molecule has 9 heavy (non-hydrogen) atoms. The summed E-state index contributed by atoms with van der Waals surface area (Å²) in [5.41, 5.74) is -1.25. The molecule has 3 nitrogen and oxygen atoms in total. The Morgan fingerprint density at radius 2 is 2.22 bits per heavy atom. The standard InChI is InChI=1S/C4H8O3S.Li.H/c1-2-8-4(7)3(5)6;;/h4,7H,2H2,1H3,(H,5,6);;. The van der Waals surface area contributed by atoms with Crippen LogP contribution >= 0.6 is 11.8 Å². The molecule has 0 saturated carbocycles. The van der Waals surface area contributed by atoms with E-state index in [0.29, 0.717) is 5.75 Å². The third-order valence-electron chi connectivity index (χ3n) is 0.536. The number of carbonyl (C=O) groups is 1. The summed E-state index contributed by atoms with van der Waals surface area (Å²) < 4.78 is 0. The van der Waals surface area contributed by atoms with E-state index in [-0.39, 0.29) is 18.9 Å². The number of hydrogen-bond donors (Lipinski definition) is 2. The number of aliphatic hydroxyl groups excluding tert-OH is 1. The summed E-state index contributed by atoms with van der Waals surface area (Å²) in [6.07, 6.45) is 0. The van der Waals surface area contributed by atoms with E-state index in [4.69, 9.17) is 10.2 Å². The average molecular weight is 144 g/mol. The quantitative estimate of drug-likeness (QED) is 0.414. The second-order valence-electron chi connectivity index (χ2n) is 1.15. The number of aliphatic carboxylic acids is 1. The normalized spacial score (nSPS) is 11.8. The third kappa shape index (κ3) is 6.26. The van der Waals surface area contributed by atoms with Gasteiger partial charge in [-0.25, -0.2) is 4.79 Å². The summed E-state index contributed by atoms with van der Waals surface area (Å²) >= 11 is 0.995. The molecule has 0 aliphatic carbocycles. The van der Waals surface area contributed by atoms with Crippen LogP contribution in [0.3, 0.4) is 0 Å². The predicted octanol–water partition coefficient (Wildman–Crippen LogP) is -0.506. The van der Waals surface area contributed by atoms with Crippen LogP contribution in [0.2, 0.25) is 0 Å². The zero-order chi connectivity index (χ0) is 6.57. The van der Waals surface area contributed by atoms with Crippen molar-refractivity contribution in [3.05, 3.63) is 0 Å². The van der Waals surface area contributed by atoms with E-state index in [2.05, 4.69) is 0 Å². The molecule has 0 spiro atoms. The van der Waals surface area contributed by atoms with Gasteiger partial charge in [0.2, 0.25) is 0 Å². The van der Waals surface area contributed by atoms with Crippen LogP contribution in [0.1, 0.15) is 6.92 Å². The zero-order valence-electron chi connectivity index (χ0n) is 4.50. The maximum atomic E-state index is 9.82. The Kier molecular flexibility index (Phi) is 8.73. The Morgan fingerprint density at radius 1 is 1.78 bits per heavy atom. The van der Waals surface area contributed by atoms with Gasteiger partial charge in [-0.2, -0.15) is 0 Å². The van der Waals surface area contributed by atoms with Crippen LogP contribution in [-0.2, 0) is 4.79 Å². The zero-order valence-corrected chi connectivity index (χ0v) is 5.31. The van der Waals surface area contributed by atoms with E-state index in [0.717, 1.165) is 11.8 Å². The molecule has 0 radical (unpaired) electrons. The number of thioether (sulfide) groups is 1. The van der Waals surface area contributed by atoms with Crippen LogP contribution in [0.5, 0.6) is 0 Å². The van der Waals surface area contributed by atoms with Gasteiger partial charge in [0.25, 0.3) is 0 Å². The molecule has 0 aromatic carbocycles.